The maximum atomic E-state index is 14.4. The van der Waals surface area contributed by atoms with E-state index < -0.39 is 11.8 Å². The second-order valence-corrected chi connectivity index (χ2v) is 4.72. The molecule has 0 amide bonds. The highest BCUT2D eigenvalue weighted by Gasteiger charge is 2.16. The van der Waals surface area contributed by atoms with Crippen LogP contribution in [0.15, 0.2) is 54.6 Å². The summed E-state index contributed by atoms with van der Waals surface area (Å²) in [6.07, 6.45) is 0. The van der Waals surface area contributed by atoms with Crippen LogP contribution in [0.1, 0.15) is 10.4 Å². The van der Waals surface area contributed by atoms with Crippen LogP contribution in [-0.2, 0) is 0 Å². The van der Waals surface area contributed by atoms with Crippen molar-refractivity contribution in [3.63, 3.8) is 0 Å². The number of hydrogen-bond acceptors (Lipinski definition) is 2. The van der Waals surface area contributed by atoms with Crippen molar-refractivity contribution in [3.05, 3.63) is 66.0 Å². The Hall–Kier alpha value is -2.88. The van der Waals surface area contributed by atoms with E-state index in [4.69, 9.17) is 10.8 Å². The molecule has 3 rings (SSSR count). The molecular weight excluding hydrogens is 269 g/mol. The van der Waals surface area contributed by atoms with Gasteiger partial charge in [0.2, 0.25) is 0 Å². The second kappa shape index (κ2) is 4.90. The Morgan fingerprint density at radius 1 is 0.905 bits per heavy atom. The standard InChI is InChI=1S/C17H12FNO2/c18-16-13(6-3-7-14(16)17(20)21)11-8-9-15(19)12-5-2-1-4-10(11)12/h1-9H,19H2,(H,20,21). The molecule has 0 saturated heterocycles. The minimum Gasteiger partial charge on any atom is -0.478 e. The molecule has 0 fully saturated rings. The molecule has 3 aromatic rings. The molecule has 0 radical (unpaired) electrons. The fourth-order valence-electron chi connectivity index (χ4n) is 2.46. The zero-order valence-electron chi connectivity index (χ0n) is 11.0. The summed E-state index contributed by atoms with van der Waals surface area (Å²) < 4.78 is 14.4. The molecule has 0 aromatic heterocycles. The van der Waals surface area contributed by atoms with Crippen LogP contribution in [0, 0.1) is 5.82 Å². The fraction of sp³-hybridized carbons (Fsp3) is 0. The van der Waals surface area contributed by atoms with Gasteiger partial charge in [0.25, 0.3) is 0 Å². The average molecular weight is 281 g/mol. The Bertz CT molecular complexity index is 859. The van der Waals surface area contributed by atoms with Gasteiger partial charge in [0.05, 0.1) is 5.56 Å². The summed E-state index contributed by atoms with van der Waals surface area (Å²) in [5.74, 6) is -2.02. The van der Waals surface area contributed by atoms with Crippen molar-refractivity contribution in [1.82, 2.24) is 0 Å². The first-order valence-corrected chi connectivity index (χ1v) is 6.39. The Kier molecular flexibility index (Phi) is 3.06. The van der Waals surface area contributed by atoms with Crippen LogP contribution in [0.2, 0.25) is 0 Å². The van der Waals surface area contributed by atoms with Gasteiger partial charge in [0.1, 0.15) is 5.82 Å². The van der Waals surface area contributed by atoms with E-state index in [1.165, 1.54) is 12.1 Å². The Labute approximate surface area is 120 Å². The van der Waals surface area contributed by atoms with Gasteiger partial charge in [0, 0.05) is 16.6 Å². The van der Waals surface area contributed by atoms with Crippen molar-refractivity contribution in [1.29, 1.82) is 0 Å². The number of anilines is 1. The molecule has 0 spiro atoms. The summed E-state index contributed by atoms with van der Waals surface area (Å²) in [5.41, 5.74) is 7.07. The fourth-order valence-corrected chi connectivity index (χ4v) is 2.46. The molecule has 0 heterocycles. The predicted octanol–water partition coefficient (Wildman–Crippen LogP) is 3.93. The van der Waals surface area contributed by atoms with Crippen LogP contribution in [0.25, 0.3) is 21.9 Å². The number of nitrogens with two attached hydrogens (primary N) is 1. The highest BCUT2D eigenvalue weighted by atomic mass is 19.1. The van der Waals surface area contributed by atoms with Crippen molar-refractivity contribution in [2.45, 2.75) is 0 Å². The van der Waals surface area contributed by atoms with E-state index in [-0.39, 0.29) is 11.1 Å². The Morgan fingerprint density at radius 3 is 2.33 bits per heavy atom. The van der Waals surface area contributed by atoms with Crippen molar-refractivity contribution < 1.29 is 14.3 Å². The highest BCUT2D eigenvalue weighted by Crippen LogP contribution is 2.34. The molecule has 0 aliphatic rings. The normalized spacial score (nSPS) is 10.7. The van der Waals surface area contributed by atoms with Crippen molar-refractivity contribution in [2.75, 3.05) is 5.73 Å². The third kappa shape index (κ3) is 2.10. The highest BCUT2D eigenvalue weighted by molar-refractivity contribution is 6.03. The first-order chi connectivity index (χ1) is 10.1. The van der Waals surface area contributed by atoms with Crippen LogP contribution in [0.5, 0.6) is 0 Å². The number of nitrogen functional groups attached to an aromatic ring is 1. The van der Waals surface area contributed by atoms with Crippen molar-refractivity contribution in [2.24, 2.45) is 0 Å². The summed E-state index contributed by atoms with van der Waals surface area (Å²) in [6, 6.07) is 15.2. The lowest BCUT2D eigenvalue weighted by Gasteiger charge is -2.11. The van der Waals surface area contributed by atoms with Crippen LogP contribution >= 0.6 is 0 Å². The lowest BCUT2D eigenvalue weighted by molar-refractivity contribution is 0.0692. The number of aromatic carboxylic acids is 1. The van der Waals surface area contributed by atoms with Crippen molar-refractivity contribution >= 4 is 22.4 Å². The minimum absolute atomic E-state index is 0.256. The van der Waals surface area contributed by atoms with Crippen molar-refractivity contribution in [3.8, 4) is 11.1 Å². The molecule has 3 nitrogen and oxygen atoms in total. The molecule has 21 heavy (non-hydrogen) atoms. The average Bonchev–Trinajstić information content (AvgIpc) is 2.48. The molecule has 3 aromatic carbocycles. The SMILES string of the molecule is Nc1ccc(-c2cccc(C(=O)O)c2F)c2ccccc12. The summed E-state index contributed by atoms with van der Waals surface area (Å²) >= 11 is 0. The minimum atomic E-state index is -1.28. The number of hydrogen-bond donors (Lipinski definition) is 2. The van der Waals surface area contributed by atoms with E-state index in [1.807, 2.05) is 24.3 Å². The van der Waals surface area contributed by atoms with Crippen LogP contribution in [-0.4, -0.2) is 11.1 Å². The van der Waals surface area contributed by atoms with Gasteiger partial charge in [0.15, 0.2) is 0 Å². The van der Waals surface area contributed by atoms with Gasteiger partial charge in [-0.15, -0.1) is 0 Å². The smallest absolute Gasteiger partial charge is 0.338 e. The van der Waals surface area contributed by atoms with E-state index >= 15 is 0 Å². The molecule has 0 saturated carbocycles. The zero-order chi connectivity index (χ0) is 15.0. The van der Waals surface area contributed by atoms with Crippen LogP contribution < -0.4 is 5.73 Å². The number of benzene rings is 3. The van der Waals surface area contributed by atoms with E-state index in [9.17, 15) is 9.18 Å². The number of carboxylic acids is 1. The number of halogens is 1. The van der Waals surface area contributed by atoms with Crippen LogP contribution in [0.3, 0.4) is 0 Å². The van der Waals surface area contributed by atoms with E-state index in [0.29, 0.717) is 11.3 Å². The van der Waals surface area contributed by atoms with E-state index in [2.05, 4.69) is 0 Å². The lowest BCUT2D eigenvalue weighted by Crippen LogP contribution is -2.02. The van der Waals surface area contributed by atoms with Gasteiger partial charge < -0.3 is 10.8 Å². The molecule has 0 bridgehead atoms. The van der Waals surface area contributed by atoms with Gasteiger partial charge in [-0.2, -0.15) is 0 Å². The molecule has 0 aliphatic carbocycles. The van der Waals surface area contributed by atoms with Gasteiger partial charge in [-0.25, -0.2) is 9.18 Å². The third-order valence-corrected chi connectivity index (χ3v) is 3.48. The first kappa shape index (κ1) is 13.1. The quantitative estimate of drug-likeness (QED) is 0.700. The summed E-state index contributed by atoms with van der Waals surface area (Å²) in [4.78, 5) is 11.1. The monoisotopic (exact) mass is 281 g/mol. The topological polar surface area (TPSA) is 63.3 Å². The molecule has 3 N–H and O–H groups in total. The lowest BCUT2D eigenvalue weighted by atomic mass is 9.95. The Morgan fingerprint density at radius 2 is 1.62 bits per heavy atom. The van der Waals surface area contributed by atoms with Gasteiger partial charge in [-0.05, 0) is 23.1 Å². The number of rotatable bonds is 2. The van der Waals surface area contributed by atoms with Gasteiger partial charge in [-0.1, -0.05) is 42.5 Å². The number of fused-ring (bicyclic) bond motifs is 1. The summed E-state index contributed by atoms with van der Waals surface area (Å²) in [5, 5.41) is 10.6. The first-order valence-electron chi connectivity index (χ1n) is 6.39. The summed E-state index contributed by atoms with van der Waals surface area (Å²) in [7, 11) is 0. The zero-order valence-corrected chi connectivity index (χ0v) is 11.0. The number of carbonyl (C=O) groups is 1. The molecule has 104 valence electrons. The molecular formula is C17H12FNO2. The molecule has 0 atom stereocenters. The third-order valence-electron chi connectivity index (χ3n) is 3.48. The van der Waals surface area contributed by atoms with Gasteiger partial charge in [-0.3, -0.25) is 0 Å². The predicted molar refractivity (Wildman–Crippen MR) is 80.7 cm³/mol. The molecule has 0 aliphatic heterocycles. The van der Waals surface area contributed by atoms with Crippen LogP contribution in [0.4, 0.5) is 10.1 Å². The maximum Gasteiger partial charge on any atom is 0.338 e. The van der Waals surface area contributed by atoms with E-state index in [0.717, 1.165) is 10.8 Å². The van der Waals surface area contributed by atoms with E-state index in [1.54, 1.807) is 18.2 Å². The second-order valence-electron chi connectivity index (χ2n) is 4.72. The van der Waals surface area contributed by atoms with Gasteiger partial charge >= 0.3 is 5.97 Å². The molecule has 0 unspecified atom stereocenters. The Balaban J connectivity index is 2.34. The maximum absolute atomic E-state index is 14.4. The number of carboxylic acid groups (broad SMARTS) is 1. The summed E-state index contributed by atoms with van der Waals surface area (Å²) in [6.45, 7) is 0. The largest absolute Gasteiger partial charge is 0.478 e. The molecule has 4 heteroatoms.